The van der Waals surface area contributed by atoms with E-state index >= 15 is 0 Å². The van der Waals surface area contributed by atoms with Crippen molar-refractivity contribution in [2.75, 3.05) is 18.2 Å². The van der Waals surface area contributed by atoms with Crippen LogP contribution in [0.1, 0.15) is 51.4 Å². The molecule has 1 aliphatic carbocycles. The monoisotopic (exact) mass is 388 g/mol. The van der Waals surface area contributed by atoms with E-state index in [0.29, 0.717) is 32.2 Å². The lowest BCUT2D eigenvalue weighted by Gasteiger charge is -2.23. The molecule has 25 heavy (non-hydrogen) atoms. The van der Waals surface area contributed by atoms with Gasteiger partial charge in [-0.1, -0.05) is 19.3 Å². The van der Waals surface area contributed by atoms with Gasteiger partial charge in [-0.2, -0.15) is 5.26 Å². The molecule has 2 rings (SSSR count). The van der Waals surface area contributed by atoms with Crippen LogP contribution in [-0.4, -0.2) is 54.7 Å². The SMILES string of the molecule is N#C[C@@H]1CSCN1C[C@@H](N)CCCC(=O)NS(=O)(=O)C1CCCCC1. The Bertz CT molecular complexity index is 585. The van der Waals surface area contributed by atoms with Crippen molar-refractivity contribution in [1.29, 1.82) is 5.26 Å². The van der Waals surface area contributed by atoms with E-state index < -0.39 is 21.2 Å². The number of nitrogens with one attached hydrogen (secondary N) is 1. The van der Waals surface area contributed by atoms with Gasteiger partial charge in [-0.05, 0) is 25.7 Å². The van der Waals surface area contributed by atoms with Crippen LogP contribution in [0.4, 0.5) is 0 Å². The number of nitrogens with zero attached hydrogens (tertiary/aromatic N) is 2. The molecule has 2 fully saturated rings. The predicted octanol–water partition coefficient (Wildman–Crippen LogP) is 1.16. The van der Waals surface area contributed by atoms with Crippen molar-refractivity contribution in [2.45, 2.75) is 68.7 Å². The third-order valence-corrected chi connectivity index (χ3v) is 7.74. The maximum absolute atomic E-state index is 12.2. The molecule has 0 aromatic rings. The van der Waals surface area contributed by atoms with Crippen LogP contribution in [0.15, 0.2) is 0 Å². The molecular formula is C16H28N4O3S2. The van der Waals surface area contributed by atoms with Crippen molar-refractivity contribution in [3.8, 4) is 6.07 Å². The highest BCUT2D eigenvalue weighted by Gasteiger charge is 2.29. The maximum Gasteiger partial charge on any atom is 0.237 e. The van der Waals surface area contributed by atoms with Gasteiger partial charge in [-0.15, -0.1) is 11.8 Å². The van der Waals surface area contributed by atoms with Crippen LogP contribution in [-0.2, 0) is 14.8 Å². The number of carbonyl (C=O) groups excluding carboxylic acids is 1. The van der Waals surface area contributed by atoms with E-state index in [0.717, 1.165) is 30.9 Å². The summed E-state index contributed by atoms with van der Waals surface area (Å²) < 4.78 is 26.6. The van der Waals surface area contributed by atoms with Gasteiger partial charge in [0.2, 0.25) is 15.9 Å². The molecule has 1 aliphatic heterocycles. The first-order valence-electron chi connectivity index (χ1n) is 8.94. The van der Waals surface area contributed by atoms with Crippen LogP contribution < -0.4 is 10.5 Å². The number of rotatable bonds is 8. The fraction of sp³-hybridized carbons (Fsp3) is 0.875. The molecule has 0 spiro atoms. The summed E-state index contributed by atoms with van der Waals surface area (Å²) in [6.07, 6.45) is 5.51. The van der Waals surface area contributed by atoms with Crippen LogP contribution in [0.3, 0.4) is 0 Å². The second kappa shape index (κ2) is 9.76. The van der Waals surface area contributed by atoms with Crippen molar-refractivity contribution in [2.24, 2.45) is 5.73 Å². The molecule has 9 heteroatoms. The minimum Gasteiger partial charge on any atom is -0.327 e. The number of amides is 1. The van der Waals surface area contributed by atoms with Gasteiger partial charge < -0.3 is 5.73 Å². The summed E-state index contributed by atoms with van der Waals surface area (Å²) in [5.41, 5.74) is 6.09. The molecule has 0 aromatic carbocycles. The molecular weight excluding hydrogens is 360 g/mol. The Morgan fingerprint density at radius 3 is 2.76 bits per heavy atom. The van der Waals surface area contributed by atoms with E-state index in [9.17, 15) is 13.2 Å². The highest BCUT2D eigenvalue weighted by Crippen LogP contribution is 2.23. The van der Waals surface area contributed by atoms with Gasteiger partial charge in [0.1, 0.15) is 6.04 Å². The van der Waals surface area contributed by atoms with Crippen molar-refractivity contribution < 1.29 is 13.2 Å². The van der Waals surface area contributed by atoms with E-state index in [4.69, 9.17) is 11.0 Å². The number of nitrogens with two attached hydrogens (primary N) is 1. The molecule has 2 aliphatic rings. The number of sulfonamides is 1. The van der Waals surface area contributed by atoms with Gasteiger partial charge >= 0.3 is 0 Å². The fourth-order valence-electron chi connectivity index (χ4n) is 3.36. The number of hydrogen-bond acceptors (Lipinski definition) is 7. The summed E-state index contributed by atoms with van der Waals surface area (Å²) >= 11 is 1.72. The lowest BCUT2D eigenvalue weighted by Crippen LogP contribution is -2.41. The summed E-state index contributed by atoms with van der Waals surface area (Å²) in [4.78, 5) is 14.0. The second-order valence-electron chi connectivity index (χ2n) is 6.90. The normalized spacial score (nSPS) is 23.9. The molecule has 0 radical (unpaired) electrons. The largest absolute Gasteiger partial charge is 0.327 e. The van der Waals surface area contributed by atoms with Crippen LogP contribution in [0, 0.1) is 11.3 Å². The Morgan fingerprint density at radius 1 is 1.36 bits per heavy atom. The first-order valence-corrected chi connectivity index (χ1v) is 11.6. The second-order valence-corrected chi connectivity index (χ2v) is 9.86. The first kappa shape index (κ1) is 20.5. The lowest BCUT2D eigenvalue weighted by atomic mass is 10.0. The summed E-state index contributed by atoms with van der Waals surface area (Å²) in [7, 11) is -3.54. The first-order chi connectivity index (χ1) is 11.9. The Labute approximate surface area is 154 Å². The van der Waals surface area contributed by atoms with Crippen LogP contribution in [0.5, 0.6) is 0 Å². The Hall–Kier alpha value is -0.820. The maximum atomic E-state index is 12.2. The average Bonchev–Trinajstić information content (AvgIpc) is 3.02. The predicted molar refractivity (Wildman–Crippen MR) is 99.2 cm³/mol. The summed E-state index contributed by atoms with van der Waals surface area (Å²) in [6.45, 7) is 0.632. The topological polar surface area (TPSA) is 116 Å². The van der Waals surface area contributed by atoms with E-state index in [-0.39, 0.29) is 18.5 Å². The minimum absolute atomic E-state index is 0.0833. The molecule has 1 amide bonds. The number of hydrogen-bond donors (Lipinski definition) is 2. The molecule has 3 N–H and O–H groups in total. The summed E-state index contributed by atoms with van der Waals surface area (Å²) in [6, 6.07) is 2.07. The third-order valence-electron chi connectivity index (χ3n) is 4.82. The summed E-state index contributed by atoms with van der Waals surface area (Å²) in [5.74, 6) is 1.18. The standard InChI is InChI=1S/C16H28N4O3S2/c17-9-14-11-24-12-20(14)10-13(18)5-4-8-16(21)19-25(22,23)15-6-2-1-3-7-15/h13-15H,1-8,10-12,18H2,(H,19,21)/t13-,14+/m0/s1. The molecule has 2 atom stereocenters. The van der Waals surface area contributed by atoms with Crippen molar-refractivity contribution >= 4 is 27.7 Å². The number of thioether (sulfide) groups is 1. The highest BCUT2D eigenvalue weighted by atomic mass is 32.2. The zero-order valence-corrected chi connectivity index (χ0v) is 16.2. The van der Waals surface area contributed by atoms with Gasteiger partial charge in [-0.3, -0.25) is 14.4 Å². The Balaban J connectivity index is 1.67. The minimum atomic E-state index is -3.54. The third kappa shape index (κ3) is 6.44. The van der Waals surface area contributed by atoms with E-state index in [2.05, 4.69) is 15.7 Å². The fourth-order valence-corrected chi connectivity index (χ4v) is 6.04. The number of carbonyl (C=O) groups is 1. The lowest BCUT2D eigenvalue weighted by molar-refractivity contribution is -0.119. The quantitative estimate of drug-likeness (QED) is 0.641. The van der Waals surface area contributed by atoms with Crippen molar-refractivity contribution in [1.82, 2.24) is 9.62 Å². The smallest absolute Gasteiger partial charge is 0.237 e. The molecule has 0 unspecified atom stereocenters. The molecule has 1 heterocycles. The van der Waals surface area contributed by atoms with E-state index in [1.165, 1.54) is 0 Å². The van der Waals surface area contributed by atoms with Gasteiger partial charge in [-0.25, -0.2) is 8.42 Å². The van der Waals surface area contributed by atoms with Gasteiger partial charge in [0.15, 0.2) is 0 Å². The molecule has 1 saturated carbocycles. The molecule has 0 aromatic heterocycles. The van der Waals surface area contributed by atoms with E-state index in [1.54, 1.807) is 11.8 Å². The van der Waals surface area contributed by atoms with Crippen LogP contribution >= 0.6 is 11.8 Å². The highest BCUT2D eigenvalue weighted by molar-refractivity contribution is 7.99. The molecule has 1 saturated heterocycles. The zero-order chi connectivity index (χ0) is 18.3. The van der Waals surface area contributed by atoms with Gasteiger partial charge in [0.25, 0.3) is 0 Å². The average molecular weight is 389 g/mol. The van der Waals surface area contributed by atoms with Crippen LogP contribution in [0.2, 0.25) is 0 Å². The van der Waals surface area contributed by atoms with Crippen molar-refractivity contribution in [3.05, 3.63) is 0 Å². The van der Waals surface area contributed by atoms with Crippen molar-refractivity contribution in [3.63, 3.8) is 0 Å². The Kier molecular flexibility index (Phi) is 8.00. The molecule has 142 valence electrons. The molecule has 0 bridgehead atoms. The molecule has 7 nitrogen and oxygen atoms in total. The Morgan fingerprint density at radius 2 is 2.08 bits per heavy atom. The number of nitriles is 1. The van der Waals surface area contributed by atoms with Crippen LogP contribution in [0.25, 0.3) is 0 Å². The zero-order valence-electron chi connectivity index (χ0n) is 14.5. The van der Waals surface area contributed by atoms with Gasteiger partial charge in [0, 0.05) is 30.6 Å². The van der Waals surface area contributed by atoms with E-state index in [1.807, 2.05) is 0 Å². The summed E-state index contributed by atoms with van der Waals surface area (Å²) in [5, 5.41) is 8.63. The van der Waals surface area contributed by atoms with Gasteiger partial charge in [0.05, 0.1) is 11.3 Å².